The van der Waals surface area contributed by atoms with Crippen molar-refractivity contribution < 1.29 is 4.74 Å². The summed E-state index contributed by atoms with van der Waals surface area (Å²) >= 11 is 0. The van der Waals surface area contributed by atoms with Crippen LogP contribution in [0.3, 0.4) is 0 Å². The SMILES string of the molecule is CC1CCC(C(C)C)C(OCCCC(=N)N)C1. The minimum atomic E-state index is 0.269. The summed E-state index contributed by atoms with van der Waals surface area (Å²) in [5.41, 5.74) is 5.34. The number of rotatable bonds is 6. The van der Waals surface area contributed by atoms with Crippen LogP contribution < -0.4 is 5.73 Å². The van der Waals surface area contributed by atoms with Crippen LogP contribution in [0.15, 0.2) is 0 Å². The molecule has 0 radical (unpaired) electrons. The summed E-state index contributed by atoms with van der Waals surface area (Å²) in [5, 5.41) is 7.18. The number of hydrogen-bond acceptors (Lipinski definition) is 2. The van der Waals surface area contributed by atoms with E-state index in [2.05, 4.69) is 20.8 Å². The lowest BCUT2D eigenvalue weighted by atomic mass is 9.75. The normalized spacial score (nSPS) is 29.5. The van der Waals surface area contributed by atoms with E-state index in [1.807, 2.05) is 0 Å². The third-order valence-corrected chi connectivity index (χ3v) is 3.88. The second kappa shape index (κ2) is 7.00. The van der Waals surface area contributed by atoms with Crippen molar-refractivity contribution in [2.24, 2.45) is 23.5 Å². The van der Waals surface area contributed by atoms with Gasteiger partial charge in [-0.25, -0.2) is 0 Å². The van der Waals surface area contributed by atoms with Gasteiger partial charge in [0.1, 0.15) is 0 Å². The molecule has 1 fully saturated rings. The van der Waals surface area contributed by atoms with Gasteiger partial charge in [-0.05, 0) is 37.0 Å². The van der Waals surface area contributed by atoms with Crippen molar-refractivity contribution in [3.05, 3.63) is 0 Å². The Morgan fingerprint density at radius 2 is 2.12 bits per heavy atom. The molecule has 1 aliphatic rings. The predicted molar refractivity (Wildman–Crippen MR) is 72.2 cm³/mol. The van der Waals surface area contributed by atoms with Gasteiger partial charge in [0.2, 0.25) is 0 Å². The van der Waals surface area contributed by atoms with Gasteiger partial charge in [-0.3, -0.25) is 5.41 Å². The van der Waals surface area contributed by atoms with Crippen molar-refractivity contribution in [2.75, 3.05) is 6.61 Å². The van der Waals surface area contributed by atoms with Crippen LogP contribution in [0.4, 0.5) is 0 Å². The smallest absolute Gasteiger partial charge is 0.0906 e. The van der Waals surface area contributed by atoms with Crippen LogP contribution in [0.5, 0.6) is 0 Å². The van der Waals surface area contributed by atoms with Crippen molar-refractivity contribution in [3.8, 4) is 0 Å². The van der Waals surface area contributed by atoms with E-state index in [4.69, 9.17) is 15.9 Å². The fourth-order valence-electron chi connectivity index (χ4n) is 2.80. The molecule has 3 unspecified atom stereocenters. The third kappa shape index (κ3) is 5.07. The van der Waals surface area contributed by atoms with Gasteiger partial charge in [-0.1, -0.05) is 27.2 Å². The van der Waals surface area contributed by atoms with Gasteiger partial charge in [0.05, 0.1) is 11.9 Å². The Bertz CT molecular complexity index is 240. The molecule has 0 amide bonds. The quantitative estimate of drug-likeness (QED) is 0.425. The highest BCUT2D eigenvalue weighted by atomic mass is 16.5. The highest BCUT2D eigenvalue weighted by Gasteiger charge is 2.31. The lowest BCUT2D eigenvalue weighted by molar-refractivity contribution is -0.0385. The lowest BCUT2D eigenvalue weighted by Gasteiger charge is -2.37. The Kier molecular flexibility index (Phi) is 5.96. The molecule has 0 heterocycles. The molecule has 100 valence electrons. The molecule has 0 aromatic heterocycles. The highest BCUT2D eigenvalue weighted by molar-refractivity contribution is 5.76. The number of amidine groups is 1. The number of ether oxygens (including phenoxy) is 1. The zero-order chi connectivity index (χ0) is 12.8. The molecule has 1 aliphatic carbocycles. The Labute approximate surface area is 106 Å². The molecule has 17 heavy (non-hydrogen) atoms. The molecule has 3 N–H and O–H groups in total. The van der Waals surface area contributed by atoms with E-state index >= 15 is 0 Å². The van der Waals surface area contributed by atoms with Crippen molar-refractivity contribution in [2.45, 2.75) is 59.0 Å². The van der Waals surface area contributed by atoms with Crippen LogP contribution in [-0.4, -0.2) is 18.5 Å². The van der Waals surface area contributed by atoms with E-state index in [0.717, 1.165) is 18.9 Å². The number of nitrogens with one attached hydrogen (secondary N) is 1. The summed E-state index contributed by atoms with van der Waals surface area (Å²) in [6, 6.07) is 0. The first-order valence-electron chi connectivity index (χ1n) is 6.95. The molecule has 0 aromatic carbocycles. The molecule has 3 heteroatoms. The number of hydrogen-bond donors (Lipinski definition) is 2. The van der Waals surface area contributed by atoms with Crippen molar-refractivity contribution in [3.63, 3.8) is 0 Å². The molecule has 1 rings (SSSR count). The molecule has 0 aliphatic heterocycles. The summed E-state index contributed by atoms with van der Waals surface area (Å²) in [4.78, 5) is 0. The summed E-state index contributed by atoms with van der Waals surface area (Å²) in [6.07, 6.45) is 5.81. The third-order valence-electron chi connectivity index (χ3n) is 3.88. The molecule has 3 nitrogen and oxygen atoms in total. The molecular formula is C14H28N2O. The second-order valence-corrected chi connectivity index (χ2v) is 5.86. The molecule has 0 bridgehead atoms. The standard InChI is InChI=1S/C14H28N2O/c1-10(2)12-7-6-11(3)9-13(12)17-8-4-5-14(15)16/h10-13H,4-9H2,1-3H3,(H3,15,16). The van der Waals surface area contributed by atoms with Crippen LogP contribution in [0.25, 0.3) is 0 Å². The van der Waals surface area contributed by atoms with Crippen molar-refractivity contribution in [1.82, 2.24) is 0 Å². The van der Waals surface area contributed by atoms with E-state index in [1.165, 1.54) is 19.3 Å². The second-order valence-electron chi connectivity index (χ2n) is 5.86. The largest absolute Gasteiger partial charge is 0.388 e. The molecule has 0 saturated heterocycles. The average molecular weight is 240 g/mol. The Morgan fingerprint density at radius 3 is 2.71 bits per heavy atom. The molecule has 1 saturated carbocycles. The first-order chi connectivity index (χ1) is 8.00. The van der Waals surface area contributed by atoms with E-state index in [1.54, 1.807) is 0 Å². The molecular weight excluding hydrogens is 212 g/mol. The van der Waals surface area contributed by atoms with E-state index < -0.39 is 0 Å². The van der Waals surface area contributed by atoms with Gasteiger partial charge < -0.3 is 10.5 Å². The first-order valence-corrected chi connectivity index (χ1v) is 6.95. The highest BCUT2D eigenvalue weighted by Crippen LogP contribution is 2.35. The maximum Gasteiger partial charge on any atom is 0.0906 e. The van der Waals surface area contributed by atoms with Gasteiger partial charge in [0.25, 0.3) is 0 Å². The molecule has 0 aromatic rings. The van der Waals surface area contributed by atoms with Gasteiger partial charge in [-0.2, -0.15) is 0 Å². The van der Waals surface area contributed by atoms with Crippen LogP contribution in [0.1, 0.15) is 52.9 Å². The Morgan fingerprint density at radius 1 is 1.41 bits per heavy atom. The van der Waals surface area contributed by atoms with Crippen molar-refractivity contribution in [1.29, 1.82) is 5.41 Å². The summed E-state index contributed by atoms with van der Waals surface area (Å²) in [5.74, 6) is 2.48. The van der Waals surface area contributed by atoms with E-state index in [-0.39, 0.29) is 5.84 Å². The van der Waals surface area contributed by atoms with Crippen LogP contribution in [0.2, 0.25) is 0 Å². The maximum absolute atomic E-state index is 7.18. The van der Waals surface area contributed by atoms with Crippen LogP contribution >= 0.6 is 0 Å². The summed E-state index contributed by atoms with van der Waals surface area (Å²) < 4.78 is 6.03. The summed E-state index contributed by atoms with van der Waals surface area (Å²) in [6.45, 7) is 7.67. The predicted octanol–water partition coefficient (Wildman–Crippen LogP) is 3.18. The van der Waals surface area contributed by atoms with Crippen LogP contribution in [-0.2, 0) is 4.74 Å². The van der Waals surface area contributed by atoms with Gasteiger partial charge in [0.15, 0.2) is 0 Å². The zero-order valence-corrected chi connectivity index (χ0v) is 11.5. The molecule has 0 spiro atoms. The minimum Gasteiger partial charge on any atom is -0.388 e. The molecule has 3 atom stereocenters. The van der Waals surface area contributed by atoms with Crippen LogP contribution in [0, 0.1) is 23.2 Å². The summed E-state index contributed by atoms with van der Waals surface area (Å²) in [7, 11) is 0. The van der Waals surface area contributed by atoms with E-state index in [0.29, 0.717) is 24.4 Å². The Balaban J connectivity index is 2.33. The van der Waals surface area contributed by atoms with Gasteiger partial charge in [0, 0.05) is 13.0 Å². The Hall–Kier alpha value is -0.570. The maximum atomic E-state index is 7.18. The minimum absolute atomic E-state index is 0.269. The topological polar surface area (TPSA) is 59.1 Å². The fourth-order valence-corrected chi connectivity index (χ4v) is 2.80. The first kappa shape index (κ1) is 14.5. The fraction of sp³-hybridized carbons (Fsp3) is 0.929. The van der Waals surface area contributed by atoms with E-state index in [9.17, 15) is 0 Å². The monoisotopic (exact) mass is 240 g/mol. The number of nitrogens with two attached hydrogens (primary N) is 1. The van der Waals surface area contributed by atoms with Gasteiger partial charge in [-0.15, -0.1) is 0 Å². The lowest BCUT2D eigenvalue weighted by Crippen LogP contribution is -2.34. The van der Waals surface area contributed by atoms with Gasteiger partial charge >= 0.3 is 0 Å². The zero-order valence-electron chi connectivity index (χ0n) is 11.5. The average Bonchev–Trinajstić information content (AvgIpc) is 2.23. The van der Waals surface area contributed by atoms with Crippen molar-refractivity contribution >= 4 is 5.84 Å².